The molecule has 122 valence electrons. The fourth-order valence-electron chi connectivity index (χ4n) is 3.05. The molecule has 0 aliphatic carbocycles. The highest BCUT2D eigenvalue weighted by molar-refractivity contribution is 6.34. The minimum Gasteiger partial charge on any atom is -0.260 e. The van der Waals surface area contributed by atoms with Crippen LogP contribution >= 0.6 is 11.6 Å². The Morgan fingerprint density at radius 3 is 2.64 bits per heavy atom. The number of aryl methyl sites for hydroxylation is 1. The van der Waals surface area contributed by atoms with Gasteiger partial charge in [-0.1, -0.05) is 23.7 Å². The Morgan fingerprint density at radius 1 is 0.880 bits per heavy atom. The third-order valence-corrected chi connectivity index (χ3v) is 4.64. The summed E-state index contributed by atoms with van der Waals surface area (Å²) in [7, 11) is 0. The number of hydrogen-bond acceptors (Lipinski definition) is 4. The molecule has 0 saturated carbocycles. The summed E-state index contributed by atoms with van der Waals surface area (Å²) in [5.41, 5.74) is 5.27. The lowest BCUT2D eigenvalue weighted by molar-refractivity contribution is 1.06. The Morgan fingerprint density at radius 2 is 1.80 bits per heavy atom. The van der Waals surface area contributed by atoms with E-state index in [4.69, 9.17) is 11.6 Å². The van der Waals surface area contributed by atoms with Gasteiger partial charge in [0.25, 0.3) is 0 Å². The van der Waals surface area contributed by atoms with E-state index < -0.39 is 0 Å². The molecule has 4 aromatic rings. The van der Waals surface area contributed by atoms with Crippen LogP contribution < -0.4 is 0 Å². The van der Waals surface area contributed by atoms with Crippen molar-refractivity contribution in [2.75, 3.05) is 0 Å². The summed E-state index contributed by atoms with van der Waals surface area (Å²) in [6, 6.07) is 12.0. The second-order valence-corrected chi connectivity index (χ2v) is 6.18. The monoisotopic (exact) mass is 346 g/mol. The Kier molecular flexibility index (Phi) is 4.12. The van der Waals surface area contributed by atoms with Gasteiger partial charge in [0.1, 0.15) is 11.5 Å². The SMILES string of the molecule is Cc1ccc2c(Cl)nccc2c1Cc1ncccc1-c1ccncn1. The molecule has 0 unspecified atom stereocenters. The van der Waals surface area contributed by atoms with Gasteiger partial charge in [-0.2, -0.15) is 0 Å². The van der Waals surface area contributed by atoms with E-state index in [0.29, 0.717) is 11.6 Å². The number of aromatic nitrogens is 4. The predicted molar refractivity (Wildman–Crippen MR) is 99.6 cm³/mol. The van der Waals surface area contributed by atoms with Crippen molar-refractivity contribution in [3.8, 4) is 11.3 Å². The molecule has 0 saturated heterocycles. The lowest BCUT2D eigenvalue weighted by Crippen LogP contribution is -2.00. The second-order valence-electron chi connectivity index (χ2n) is 5.83. The molecule has 0 aliphatic rings. The van der Waals surface area contributed by atoms with Crippen molar-refractivity contribution in [3.63, 3.8) is 0 Å². The molecule has 5 heteroatoms. The van der Waals surface area contributed by atoms with Gasteiger partial charge in [-0.25, -0.2) is 15.0 Å². The van der Waals surface area contributed by atoms with Crippen molar-refractivity contribution in [2.45, 2.75) is 13.3 Å². The van der Waals surface area contributed by atoms with Crippen molar-refractivity contribution in [1.29, 1.82) is 0 Å². The van der Waals surface area contributed by atoms with Gasteiger partial charge in [0.15, 0.2) is 0 Å². The van der Waals surface area contributed by atoms with Crippen LogP contribution in [0.4, 0.5) is 0 Å². The molecule has 4 rings (SSSR count). The molecule has 3 heterocycles. The molecule has 0 spiro atoms. The van der Waals surface area contributed by atoms with Gasteiger partial charge < -0.3 is 0 Å². The Hall–Kier alpha value is -2.85. The zero-order valence-electron chi connectivity index (χ0n) is 13.6. The third kappa shape index (κ3) is 2.96. The number of hydrogen-bond donors (Lipinski definition) is 0. The molecule has 0 fully saturated rings. The maximum absolute atomic E-state index is 6.27. The first-order valence-corrected chi connectivity index (χ1v) is 8.35. The number of halogens is 1. The van der Waals surface area contributed by atoms with E-state index in [-0.39, 0.29) is 0 Å². The normalized spacial score (nSPS) is 11.0. The summed E-state index contributed by atoms with van der Waals surface area (Å²) >= 11 is 6.27. The van der Waals surface area contributed by atoms with Crippen molar-refractivity contribution in [2.24, 2.45) is 0 Å². The first kappa shape index (κ1) is 15.7. The van der Waals surface area contributed by atoms with Crippen LogP contribution in [-0.2, 0) is 6.42 Å². The zero-order chi connectivity index (χ0) is 17.2. The average molecular weight is 347 g/mol. The average Bonchev–Trinajstić information content (AvgIpc) is 2.65. The summed E-state index contributed by atoms with van der Waals surface area (Å²) in [6.45, 7) is 2.11. The van der Waals surface area contributed by atoms with E-state index in [0.717, 1.165) is 27.7 Å². The van der Waals surface area contributed by atoms with E-state index in [1.165, 1.54) is 11.1 Å². The molecular weight excluding hydrogens is 332 g/mol. The van der Waals surface area contributed by atoms with E-state index in [1.807, 2.05) is 36.5 Å². The minimum absolute atomic E-state index is 0.524. The predicted octanol–water partition coefficient (Wildman–Crippen LogP) is 4.64. The molecule has 0 aliphatic heterocycles. The molecule has 0 amide bonds. The van der Waals surface area contributed by atoms with Gasteiger partial charge in [0.2, 0.25) is 0 Å². The van der Waals surface area contributed by atoms with Crippen molar-refractivity contribution in [3.05, 3.63) is 83.3 Å². The maximum Gasteiger partial charge on any atom is 0.136 e. The van der Waals surface area contributed by atoms with Crippen molar-refractivity contribution in [1.82, 2.24) is 19.9 Å². The fraction of sp³-hybridized carbons (Fsp3) is 0.100. The molecular formula is C20H15ClN4. The Labute approximate surface area is 150 Å². The van der Waals surface area contributed by atoms with E-state index in [9.17, 15) is 0 Å². The summed E-state index contributed by atoms with van der Waals surface area (Å²) in [5, 5.41) is 2.60. The molecule has 0 N–H and O–H groups in total. The van der Waals surface area contributed by atoms with E-state index in [2.05, 4.69) is 32.9 Å². The lowest BCUT2D eigenvalue weighted by Gasteiger charge is -2.13. The van der Waals surface area contributed by atoms with Crippen molar-refractivity contribution >= 4 is 22.4 Å². The molecule has 3 aromatic heterocycles. The number of nitrogens with zero attached hydrogens (tertiary/aromatic N) is 4. The Bertz CT molecular complexity index is 1050. The van der Waals surface area contributed by atoms with Gasteiger partial charge in [0, 0.05) is 36.0 Å². The van der Waals surface area contributed by atoms with Crippen LogP contribution in [0.3, 0.4) is 0 Å². The minimum atomic E-state index is 0.524. The first-order valence-electron chi connectivity index (χ1n) is 7.97. The molecule has 4 nitrogen and oxygen atoms in total. The smallest absolute Gasteiger partial charge is 0.136 e. The summed E-state index contributed by atoms with van der Waals surface area (Å²) in [6.07, 6.45) is 7.56. The van der Waals surface area contributed by atoms with Gasteiger partial charge in [0.05, 0.1) is 11.4 Å². The second kappa shape index (κ2) is 6.57. The Balaban J connectivity index is 1.86. The lowest BCUT2D eigenvalue weighted by atomic mass is 9.95. The van der Waals surface area contributed by atoms with Crippen LogP contribution in [0.2, 0.25) is 5.15 Å². The molecule has 0 radical (unpaired) electrons. The summed E-state index contributed by atoms with van der Waals surface area (Å²) in [5.74, 6) is 0. The number of rotatable bonds is 3. The van der Waals surface area contributed by atoms with Crippen LogP contribution in [-0.4, -0.2) is 19.9 Å². The molecule has 1 aromatic carbocycles. The molecule has 25 heavy (non-hydrogen) atoms. The van der Waals surface area contributed by atoms with Crippen LogP contribution in [0, 0.1) is 6.92 Å². The van der Waals surface area contributed by atoms with Gasteiger partial charge in [-0.3, -0.25) is 4.98 Å². The summed E-state index contributed by atoms with van der Waals surface area (Å²) in [4.78, 5) is 17.2. The van der Waals surface area contributed by atoms with Crippen LogP contribution in [0.1, 0.15) is 16.8 Å². The third-order valence-electron chi connectivity index (χ3n) is 4.33. The quantitative estimate of drug-likeness (QED) is 0.507. The topological polar surface area (TPSA) is 51.6 Å². The zero-order valence-corrected chi connectivity index (χ0v) is 14.4. The van der Waals surface area contributed by atoms with Gasteiger partial charge in [-0.05, 0) is 47.7 Å². The standard InChI is InChI=1S/C20H15ClN4/c1-13-4-5-15-14(6-10-24-20(15)21)17(13)11-19-16(3-2-8-23-19)18-7-9-22-12-25-18/h2-10,12H,11H2,1H3. The highest BCUT2D eigenvalue weighted by Gasteiger charge is 2.13. The van der Waals surface area contributed by atoms with Crippen LogP contribution in [0.5, 0.6) is 0 Å². The molecule has 0 bridgehead atoms. The van der Waals surface area contributed by atoms with Crippen LogP contribution in [0.15, 0.2) is 61.3 Å². The maximum atomic E-state index is 6.27. The van der Waals surface area contributed by atoms with Gasteiger partial charge >= 0.3 is 0 Å². The largest absolute Gasteiger partial charge is 0.260 e. The van der Waals surface area contributed by atoms with E-state index >= 15 is 0 Å². The first-order chi connectivity index (χ1) is 12.2. The number of pyridine rings is 2. The highest BCUT2D eigenvalue weighted by atomic mass is 35.5. The highest BCUT2D eigenvalue weighted by Crippen LogP contribution is 2.30. The summed E-state index contributed by atoms with van der Waals surface area (Å²) < 4.78 is 0. The van der Waals surface area contributed by atoms with Gasteiger partial charge in [-0.15, -0.1) is 0 Å². The van der Waals surface area contributed by atoms with Crippen LogP contribution in [0.25, 0.3) is 22.0 Å². The van der Waals surface area contributed by atoms with Crippen molar-refractivity contribution < 1.29 is 0 Å². The number of fused-ring (bicyclic) bond motifs is 1. The fourth-order valence-corrected chi connectivity index (χ4v) is 3.28. The number of benzene rings is 1. The molecule has 0 atom stereocenters. The van der Waals surface area contributed by atoms with E-state index in [1.54, 1.807) is 18.7 Å².